The van der Waals surface area contributed by atoms with E-state index in [0.29, 0.717) is 31.9 Å². The van der Waals surface area contributed by atoms with E-state index in [-0.39, 0.29) is 5.82 Å². The van der Waals surface area contributed by atoms with Crippen molar-refractivity contribution in [2.24, 2.45) is 4.99 Å². The number of aliphatic imine (C=N–C) groups is 1. The van der Waals surface area contributed by atoms with E-state index < -0.39 is 5.82 Å². The third kappa shape index (κ3) is 5.41. The fourth-order valence-corrected chi connectivity index (χ4v) is 4.16. The molecule has 0 atom stereocenters. The number of anilines is 1. The molecule has 0 saturated carbocycles. The molecule has 1 aromatic carbocycles. The normalized spacial score (nSPS) is 15.2. The van der Waals surface area contributed by atoms with E-state index in [1.807, 2.05) is 11.8 Å². The summed E-state index contributed by atoms with van der Waals surface area (Å²) in [5, 5.41) is 6.70. The van der Waals surface area contributed by atoms with Gasteiger partial charge in [-0.1, -0.05) is 0 Å². The van der Waals surface area contributed by atoms with Gasteiger partial charge in [0.15, 0.2) is 5.96 Å². The van der Waals surface area contributed by atoms with E-state index in [4.69, 9.17) is 0 Å². The molecule has 1 aromatic heterocycles. The van der Waals surface area contributed by atoms with E-state index in [2.05, 4.69) is 25.6 Å². The molecule has 5 nitrogen and oxygen atoms in total. The van der Waals surface area contributed by atoms with Crippen LogP contribution in [0.5, 0.6) is 0 Å². The van der Waals surface area contributed by atoms with E-state index in [0.717, 1.165) is 43.5 Å². The number of aromatic nitrogens is 1. The molecule has 152 valence electrons. The number of guanidine groups is 1. The number of unbranched alkanes of at least 4 members (excludes halogenated alkanes) is 1. The third-order valence-corrected chi connectivity index (χ3v) is 5.83. The summed E-state index contributed by atoms with van der Waals surface area (Å²) in [5.41, 5.74) is 1.43. The largest absolute Gasteiger partial charge is 0.366 e. The second-order valence-electron chi connectivity index (χ2n) is 6.88. The van der Waals surface area contributed by atoms with Crippen LogP contribution in [-0.4, -0.2) is 55.6 Å². The number of hydrogen-bond donors (Lipinski definition) is 1. The monoisotopic (exact) mass is 407 g/mol. The van der Waals surface area contributed by atoms with Crippen LogP contribution in [0.4, 0.5) is 14.5 Å². The van der Waals surface area contributed by atoms with Crippen molar-refractivity contribution in [3.05, 3.63) is 45.9 Å². The lowest BCUT2D eigenvalue weighted by molar-refractivity contribution is 0.370. The smallest absolute Gasteiger partial charge is 0.193 e. The maximum Gasteiger partial charge on any atom is 0.193 e. The molecule has 1 fully saturated rings. The van der Waals surface area contributed by atoms with Gasteiger partial charge in [-0.3, -0.25) is 4.99 Å². The Morgan fingerprint density at radius 2 is 2.00 bits per heavy atom. The Kier molecular flexibility index (Phi) is 7.19. The van der Waals surface area contributed by atoms with Gasteiger partial charge < -0.3 is 15.1 Å². The van der Waals surface area contributed by atoms with Crippen molar-refractivity contribution in [3.8, 4) is 0 Å². The molecule has 0 unspecified atom stereocenters. The number of aryl methyl sites for hydroxylation is 2. The minimum atomic E-state index is -0.413. The molecule has 3 rings (SSSR count). The number of nitrogens with zero attached hydrogens (tertiary/aromatic N) is 4. The van der Waals surface area contributed by atoms with E-state index >= 15 is 0 Å². The van der Waals surface area contributed by atoms with Crippen LogP contribution in [0.15, 0.2) is 28.6 Å². The van der Waals surface area contributed by atoms with Crippen molar-refractivity contribution in [1.29, 1.82) is 0 Å². The number of hydrogen-bond acceptors (Lipinski definition) is 4. The highest BCUT2D eigenvalue weighted by atomic mass is 32.1. The first-order valence-corrected chi connectivity index (χ1v) is 10.5. The predicted octanol–water partition coefficient (Wildman–Crippen LogP) is 3.45. The average molecular weight is 408 g/mol. The van der Waals surface area contributed by atoms with Gasteiger partial charge in [-0.15, -0.1) is 11.3 Å². The number of thiazole rings is 1. The highest BCUT2D eigenvalue weighted by Gasteiger charge is 2.21. The second-order valence-corrected chi connectivity index (χ2v) is 7.83. The first-order chi connectivity index (χ1) is 13.6. The highest BCUT2D eigenvalue weighted by Crippen LogP contribution is 2.22. The van der Waals surface area contributed by atoms with Crippen LogP contribution in [0.3, 0.4) is 0 Å². The molecule has 0 radical (unpaired) electrons. The van der Waals surface area contributed by atoms with Gasteiger partial charge in [0.05, 0.1) is 10.7 Å². The predicted molar refractivity (Wildman–Crippen MR) is 111 cm³/mol. The van der Waals surface area contributed by atoms with Crippen molar-refractivity contribution < 1.29 is 8.78 Å². The zero-order valence-corrected chi connectivity index (χ0v) is 17.2. The summed E-state index contributed by atoms with van der Waals surface area (Å²) in [4.78, 5) is 12.9. The minimum Gasteiger partial charge on any atom is -0.366 e. The third-order valence-electron chi connectivity index (χ3n) is 4.81. The molecule has 8 heteroatoms. The van der Waals surface area contributed by atoms with Gasteiger partial charge in [0.2, 0.25) is 0 Å². The van der Waals surface area contributed by atoms with E-state index in [9.17, 15) is 8.78 Å². The molecule has 1 aliphatic heterocycles. The number of piperazine rings is 1. The van der Waals surface area contributed by atoms with Crippen LogP contribution in [0.2, 0.25) is 0 Å². The molecule has 1 saturated heterocycles. The standard InChI is InChI=1S/C20H27F2N5S/c1-15-14-28-19(25-15)5-3-4-8-24-20(23-2)27-11-9-26(10-12-27)18-13-16(21)6-7-17(18)22/h6-7,13-14H,3-5,8-12H2,1-2H3,(H,23,24). The molecular formula is C20H27F2N5S. The van der Waals surface area contributed by atoms with Crippen molar-refractivity contribution in [1.82, 2.24) is 15.2 Å². The van der Waals surface area contributed by atoms with Crippen molar-refractivity contribution in [2.75, 3.05) is 44.7 Å². The summed E-state index contributed by atoms with van der Waals surface area (Å²) in [6.07, 6.45) is 3.15. The van der Waals surface area contributed by atoms with Crippen molar-refractivity contribution in [3.63, 3.8) is 0 Å². The van der Waals surface area contributed by atoms with Crippen molar-refractivity contribution >= 4 is 23.0 Å². The average Bonchev–Trinajstić information content (AvgIpc) is 3.12. The van der Waals surface area contributed by atoms with Crippen LogP contribution in [0.25, 0.3) is 0 Å². The Balaban J connectivity index is 1.41. The summed E-state index contributed by atoms with van der Waals surface area (Å²) in [6, 6.07) is 3.60. The van der Waals surface area contributed by atoms with E-state index in [1.54, 1.807) is 18.4 Å². The van der Waals surface area contributed by atoms with Crippen LogP contribution in [-0.2, 0) is 6.42 Å². The Morgan fingerprint density at radius 3 is 2.68 bits per heavy atom. The highest BCUT2D eigenvalue weighted by molar-refractivity contribution is 7.09. The molecule has 28 heavy (non-hydrogen) atoms. The number of nitrogens with one attached hydrogen (secondary N) is 1. The molecule has 0 amide bonds. The number of benzene rings is 1. The Hall–Kier alpha value is -2.22. The number of halogens is 2. The Morgan fingerprint density at radius 1 is 1.21 bits per heavy atom. The van der Waals surface area contributed by atoms with Crippen LogP contribution < -0.4 is 10.2 Å². The van der Waals surface area contributed by atoms with Crippen LogP contribution >= 0.6 is 11.3 Å². The molecule has 0 bridgehead atoms. The molecule has 2 heterocycles. The summed E-state index contributed by atoms with van der Waals surface area (Å²) in [6.45, 7) is 5.57. The van der Waals surface area contributed by atoms with Crippen molar-refractivity contribution in [2.45, 2.75) is 26.2 Å². The lowest BCUT2D eigenvalue weighted by Crippen LogP contribution is -2.52. The topological polar surface area (TPSA) is 43.8 Å². The Labute approximate surface area is 169 Å². The molecule has 0 aliphatic carbocycles. The first kappa shape index (κ1) is 20.5. The maximum atomic E-state index is 14.0. The fraction of sp³-hybridized carbons (Fsp3) is 0.500. The quantitative estimate of drug-likeness (QED) is 0.453. The Bertz CT molecular complexity index is 800. The summed E-state index contributed by atoms with van der Waals surface area (Å²) < 4.78 is 27.4. The number of rotatable bonds is 6. The summed E-state index contributed by atoms with van der Waals surface area (Å²) in [7, 11) is 1.78. The minimum absolute atomic E-state index is 0.333. The van der Waals surface area contributed by atoms with Gasteiger partial charge in [-0.25, -0.2) is 13.8 Å². The fourth-order valence-electron chi connectivity index (χ4n) is 3.34. The van der Waals surface area contributed by atoms with Gasteiger partial charge >= 0.3 is 0 Å². The molecule has 2 aromatic rings. The molecular weight excluding hydrogens is 380 g/mol. The molecule has 1 aliphatic rings. The second kappa shape index (κ2) is 9.82. The van der Waals surface area contributed by atoms with Crippen LogP contribution in [0.1, 0.15) is 23.5 Å². The zero-order valence-electron chi connectivity index (χ0n) is 16.4. The summed E-state index contributed by atoms with van der Waals surface area (Å²) >= 11 is 1.72. The lowest BCUT2D eigenvalue weighted by Gasteiger charge is -2.37. The van der Waals surface area contributed by atoms with Gasteiger partial charge in [0.25, 0.3) is 0 Å². The van der Waals surface area contributed by atoms with Gasteiger partial charge in [-0.2, -0.15) is 0 Å². The molecule has 1 N–H and O–H groups in total. The zero-order chi connectivity index (χ0) is 19.9. The van der Waals surface area contributed by atoms with Crippen LogP contribution in [0, 0.1) is 18.6 Å². The van der Waals surface area contributed by atoms with Gasteiger partial charge in [-0.05, 0) is 38.3 Å². The van der Waals surface area contributed by atoms with Gasteiger partial charge in [0.1, 0.15) is 11.6 Å². The van der Waals surface area contributed by atoms with Gasteiger partial charge in [0, 0.05) is 56.9 Å². The first-order valence-electron chi connectivity index (χ1n) is 9.63. The lowest BCUT2D eigenvalue weighted by atomic mass is 10.2. The van der Waals surface area contributed by atoms with E-state index in [1.165, 1.54) is 17.1 Å². The maximum absolute atomic E-state index is 14.0. The summed E-state index contributed by atoms with van der Waals surface area (Å²) in [5.74, 6) is 0.0708. The molecule has 0 spiro atoms. The SMILES string of the molecule is CN=C(NCCCCc1nc(C)cs1)N1CCN(c2cc(F)ccc2F)CC1.